The van der Waals surface area contributed by atoms with Crippen LogP contribution in [0.3, 0.4) is 0 Å². The highest BCUT2D eigenvalue weighted by Gasteiger charge is 2.15. The first-order chi connectivity index (χ1) is 11.6. The standard InChI is InChI=1S/C19H18N2O3/c1-3-24-19(23)17-12-14-11-15(9-10-16(14)21(17)2)20-18(22)13-7-5-4-6-8-13/h4-12H,3H2,1-2H3,(H,20,22). The highest BCUT2D eigenvalue weighted by molar-refractivity contribution is 6.05. The molecule has 1 N–H and O–H groups in total. The van der Waals surface area contributed by atoms with Gasteiger partial charge in [-0.1, -0.05) is 18.2 Å². The summed E-state index contributed by atoms with van der Waals surface area (Å²) >= 11 is 0. The zero-order valence-corrected chi connectivity index (χ0v) is 13.6. The van der Waals surface area contributed by atoms with Crippen molar-refractivity contribution < 1.29 is 14.3 Å². The van der Waals surface area contributed by atoms with E-state index in [0.717, 1.165) is 10.9 Å². The monoisotopic (exact) mass is 322 g/mol. The fraction of sp³-hybridized carbons (Fsp3) is 0.158. The second-order valence-corrected chi connectivity index (χ2v) is 5.40. The van der Waals surface area contributed by atoms with E-state index in [1.54, 1.807) is 29.7 Å². The number of esters is 1. The highest BCUT2D eigenvalue weighted by atomic mass is 16.5. The molecule has 0 fully saturated rings. The van der Waals surface area contributed by atoms with Crippen LogP contribution in [0.25, 0.3) is 10.9 Å². The average molecular weight is 322 g/mol. The van der Waals surface area contributed by atoms with Crippen molar-refractivity contribution in [2.24, 2.45) is 7.05 Å². The van der Waals surface area contributed by atoms with E-state index in [4.69, 9.17) is 4.74 Å². The van der Waals surface area contributed by atoms with Crippen LogP contribution in [-0.4, -0.2) is 23.1 Å². The summed E-state index contributed by atoms with van der Waals surface area (Å²) in [7, 11) is 1.82. The number of aryl methyl sites for hydroxylation is 1. The summed E-state index contributed by atoms with van der Waals surface area (Å²) in [6, 6.07) is 16.3. The maximum Gasteiger partial charge on any atom is 0.354 e. The summed E-state index contributed by atoms with van der Waals surface area (Å²) in [5.41, 5.74) is 2.66. The van der Waals surface area contributed by atoms with Crippen molar-refractivity contribution >= 4 is 28.5 Å². The molecule has 122 valence electrons. The number of anilines is 1. The quantitative estimate of drug-likeness (QED) is 0.747. The van der Waals surface area contributed by atoms with Crippen LogP contribution in [-0.2, 0) is 11.8 Å². The second kappa shape index (κ2) is 6.58. The normalized spacial score (nSPS) is 10.6. The molecule has 3 rings (SSSR count). The Kier molecular flexibility index (Phi) is 4.33. The van der Waals surface area contributed by atoms with Crippen molar-refractivity contribution in [3.8, 4) is 0 Å². The third kappa shape index (κ3) is 3.01. The lowest BCUT2D eigenvalue weighted by atomic mass is 10.2. The molecular formula is C19H18N2O3. The van der Waals surface area contributed by atoms with E-state index in [9.17, 15) is 9.59 Å². The number of carbonyl (C=O) groups is 2. The van der Waals surface area contributed by atoms with Gasteiger partial charge in [-0.25, -0.2) is 4.79 Å². The summed E-state index contributed by atoms with van der Waals surface area (Å²) < 4.78 is 6.85. The van der Waals surface area contributed by atoms with Gasteiger partial charge in [0.25, 0.3) is 5.91 Å². The minimum atomic E-state index is -0.355. The molecule has 0 saturated carbocycles. The lowest BCUT2D eigenvalue weighted by Gasteiger charge is -2.06. The van der Waals surface area contributed by atoms with Crippen LogP contribution in [0.4, 0.5) is 5.69 Å². The van der Waals surface area contributed by atoms with Gasteiger partial charge in [-0.2, -0.15) is 0 Å². The molecule has 24 heavy (non-hydrogen) atoms. The molecule has 0 radical (unpaired) electrons. The predicted octanol–water partition coefficient (Wildman–Crippen LogP) is 3.61. The van der Waals surface area contributed by atoms with Gasteiger partial charge < -0.3 is 14.6 Å². The molecule has 5 nitrogen and oxygen atoms in total. The molecule has 0 unspecified atom stereocenters. The Morgan fingerprint density at radius 3 is 2.54 bits per heavy atom. The van der Waals surface area contributed by atoms with Crippen LogP contribution in [0.1, 0.15) is 27.8 Å². The topological polar surface area (TPSA) is 60.3 Å². The molecule has 0 aliphatic carbocycles. The number of nitrogens with zero attached hydrogens (tertiary/aromatic N) is 1. The van der Waals surface area contributed by atoms with Gasteiger partial charge in [0, 0.05) is 29.2 Å². The van der Waals surface area contributed by atoms with Gasteiger partial charge in [0.1, 0.15) is 5.69 Å². The lowest BCUT2D eigenvalue weighted by molar-refractivity contribution is 0.0515. The SMILES string of the molecule is CCOC(=O)c1cc2cc(NC(=O)c3ccccc3)ccc2n1C. The fourth-order valence-corrected chi connectivity index (χ4v) is 2.62. The third-order valence-corrected chi connectivity index (χ3v) is 3.82. The van der Waals surface area contributed by atoms with E-state index in [0.29, 0.717) is 23.6 Å². The number of aromatic nitrogens is 1. The van der Waals surface area contributed by atoms with Gasteiger partial charge in [-0.3, -0.25) is 4.79 Å². The van der Waals surface area contributed by atoms with Crippen LogP contribution in [0, 0.1) is 0 Å². The molecule has 0 aliphatic heterocycles. The van der Waals surface area contributed by atoms with Gasteiger partial charge in [0.15, 0.2) is 0 Å². The number of rotatable bonds is 4. The van der Waals surface area contributed by atoms with Crippen molar-refractivity contribution in [3.05, 3.63) is 65.9 Å². The van der Waals surface area contributed by atoms with Crippen molar-refractivity contribution in [2.75, 3.05) is 11.9 Å². The number of hydrogen-bond donors (Lipinski definition) is 1. The average Bonchev–Trinajstić information content (AvgIpc) is 2.92. The maximum atomic E-state index is 12.2. The zero-order valence-electron chi connectivity index (χ0n) is 13.6. The second-order valence-electron chi connectivity index (χ2n) is 5.40. The summed E-state index contributed by atoms with van der Waals surface area (Å²) in [6.45, 7) is 2.11. The molecular weight excluding hydrogens is 304 g/mol. The van der Waals surface area contributed by atoms with Crippen molar-refractivity contribution in [1.29, 1.82) is 0 Å². The Morgan fingerprint density at radius 1 is 1.08 bits per heavy atom. The van der Waals surface area contributed by atoms with Gasteiger partial charge in [-0.15, -0.1) is 0 Å². The Bertz CT molecular complexity index is 898. The number of ether oxygens (including phenoxy) is 1. The fourth-order valence-electron chi connectivity index (χ4n) is 2.62. The molecule has 1 amide bonds. The third-order valence-electron chi connectivity index (χ3n) is 3.82. The van der Waals surface area contributed by atoms with Crippen LogP contribution in [0.15, 0.2) is 54.6 Å². The molecule has 0 aliphatic rings. The van der Waals surface area contributed by atoms with Gasteiger partial charge in [0.05, 0.1) is 6.61 Å². The van der Waals surface area contributed by atoms with Crippen LogP contribution < -0.4 is 5.32 Å². The van der Waals surface area contributed by atoms with Crippen molar-refractivity contribution in [3.63, 3.8) is 0 Å². The molecule has 1 heterocycles. The molecule has 5 heteroatoms. The van der Waals surface area contributed by atoms with E-state index >= 15 is 0 Å². The smallest absolute Gasteiger partial charge is 0.354 e. The molecule has 0 bridgehead atoms. The number of carbonyl (C=O) groups excluding carboxylic acids is 2. The molecule has 0 saturated heterocycles. The Morgan fingerprint density at radius 2 is 1.83 bits per heavy atom. The van der Waals surface area contributed by atoms with Crippen molar-refractivity contribution in [2.45, 2.75) is 6.92 Å². The minimum absolute atomic E-state index is 0.170. The van der Waals surface area contributed by atoms with E-state index in [1.165, 1.54) is 0 Å². The maximum absolute atomic E-state index is 12.2. The van der Waals surface area contributed by atoms with E-state index < -0.39 is 0 Å². The van der Waals surface area contributed by atoms with E-state index in [2.05, 4.69) is 5.32 Å². The molecule has 1 aromatic heterocycles. The lowest BCUT2D eigenvalue weighted by Crippen LogP contribution is -2.11. The van der Waals surface area contributed by atoms with Crippen molar-refractivity contribution in [1.82, 2.24) is 4.57 Å². The minimum Gasteiger partial charge on any atom is -0.461 e. The Hall–Kier alpha value is -3.08. The Balaban J connectivity index is 1.89. The van der Waals surface area contributed by atoms with E-state index in [1.807, 2.05) is 43.4 Å². The Labute approximate surface area is 139 Å². The molecule has 2 aromatic carbocycles. The first kappa shape index (κ1) is 15.8. The highest BCUT2D eigenvalue weighted by Crippen LogP contribution is 2.23. The molecule has 0 spiro atoms. The van der Waals surface area contributed by atoms with E-state index in [-0.39, 0.29) is 11.9 Å². The summed E-state index contributed by atoms with van der Waals surface area (Å²) in [4.78, 5) is 24.2. The largest absolute Gasteiger partial charge is 0.461 e. The summed E-state index contributed by atoms with van der Waals surface area (Å²) in [6.07, 6.45) is 0. The number of fused-ring (bicyclic) bond motifs is 1. The first-order valence-electron chi connectivity index (χ1n) is 7.73. The van der Waals surface area contributed by atoms with Gasteiger partial charge in [0.2, 0.25) is 0 Å². The molecule has 0 atom stereocenters. The summed E-state index contributed by atoms with van der Waals surface area (Å²) in [5.74, 6) is -0.525. The molecule has 3 aromatic rings. The van der Waals surface area contributed by atoms with Crippen LogP contribution >= 0.6 is 0 Å². The zero-order chi connectivity index (χ0) is 17.1. The number of amides is 1. The van der Waals surface area contributed by atoms with Crippen LogP contribution in [0.5, 0.6) is 0 Å². The number of benzene rings is 2. The number of nitrogens with one attached hydrogen (secondary N) is 1. The van der Waals surface area contributed by atoms with Crippen LogP contribution in [0.2, 0.25) is 0 Å². The van der Waals surface area contributed by atoms with Gasteiger partial charge in [-0.05, 0) is 43.3 Å². The van der Waals surface area contributed by atoms with Gasteiger partial charge >= 0.3 is 5.97 Å². The first-order valence-corrected chi connectivity index (χ1v) is 7.73. The summed E-state index contributed by atoms with van der Waals surface area (Å²) in [5, 5.41) is 3.74. The number of hydrogen-bond acceptors (Lipinski definition) is 3. The predicted molar refractivity (Wildman–Crippen MR) is 93.3 cm³/mol.